The van der Waals surface area contributed by atoms with Gasteiger partial charge in [-0.2, -0.15) is 0 Å². The molecule has 2 nitrogen and oxygen atoms in total. The maximum Gasteiger partial charge on any atom is 0.0504 e. The second kappa shape index (κ2) is 4.88. The number of aliphatic hydroxyl groups excluding tert-OH is 1. The van der Waals surface area contributed by atoms with Crippen LogP contribution in [-0.2, 0) is 6.42 Å². The largest absolute Gasteiger partial charge is 0.396 e. The van der Waals surface area contributed by atoms with E-state index in [-0.39, 0.29) is 5.41 Å². The van der Waals surface area contributed by atoms with Crippen molar-refractivity contribution in [2.45, 2.75) is 32.6 Å². The van der Waals surface area contributed by atoms with Crippen LogP contribution in [0.3, 0.4) is 0 Å². The molecule has 0 saturated heterocycles. The van der Waals surface area contributed by atoms with E-state index in [0.29, 0.717) is 6.61 Å². The quantitative estimate of drug-likeness (QED) is 0.798. The third kappa shape index (κ3) is 2.22. The van der Waals surface area contributed by atoms with Crippen LogP contribution in [-0.4, -0.2) is 18.3 Å². The minimum Gasteiger partial charge on any atom is -0.396 e. The topological polar surface area (TPSA) is 32.3 Å². The molecule has 1 aromatic rings. The lowest BCUT2D eigenvalue weighted by atomic mass is 9.69. The lowest BCUT2D eigenvalue weighted by Gasteiger charge is -2.40. The van der Waals surface area contributed by atoms with Crippen molar-refractivity contribution < 1.29 is 5.11 Å². The van der Waals surface area contributed by atoms with Gasteiger partial charge in [-0.05, 0) is 30.9 Å². The number of benzene rings is 1. The minimum atomic E-state index is 0.154. The van der Waals surface area contributed by atoms with Crippen molar-refractivity contribution in [2.75, 3.05) is 18.5 Å². The Hall–Kier alpha value is -1.02. The Balaban J connectivity index is 1.98. The Labute approximate surface area is 97.7 Å². The molecule has 16 heavy (non-hydrogen) atoms. The molecule has 0 unspecified atom stereocenters. The molecule has 1 saturated carbocycles. The summed E-state index contributed by atoms with van der Waals surface area (Å²) in [4.78, 5) is 0. The number of nitrogens with one attached hydrogen (secondary N) is 1. The fraction of sp³-hybridized carbons (Fsp3) is 0.571. The third-order valence-corrected chi connectivity index (χ3v) is 3.80. The zero-order valence-corrected chi connectivity index (χ0v) is 10.00. The Morgan fingerprint density at radius 1 is 1.31 bits per heavy atom. The molecule has 0 bridgehead atoms. The highest BCUT2D eigenvalue weighted by molar-refractivity contribution is 5.51. The molecular weight excluding hydrogens is 198 g/mol. The highest BCUT2D eigenvalue weighted by Crippen LogP contribution is 2.40. The Kier molecular flexibility index (Phi) is 3.49. The van der Waals surface area contributed by atoms with Gasteiger partial charge in [0.2, 0.25) is 0 Å². The molecule has 1 aromatic carbocycles. The zero-order valence-electron chi connectivity index (χ0n) is 10.00. The van der Waals surface area contributed by atoms with Gasteiger partial charge < -0.3 is 10.4 Å². The predicted molar refractivity (Wildman–Crippen MR) is 67.7 cm³/mol. The van der Waals surface area contributed by atoms with Crippen LogP contribution < -0.4 is 5.32 Å². The van der Waals surface area contributed by atoms with Crippen LogP contribution in [0, 0.1) is 5.41 Å². The number of rotatable bonds is 5. The maximum absolute atomic E-state index is 9.40. The molecule has 1 aliphatic rings. The number of anilines is 1. The van der Waals surface area contributed by atoms with Gasteiger partial charge in [-0.3, -0.25) is 0 Å². The summed E-state index contributed by atoms with van der Waals surface area (Å²) in [5, 5.41) is 12.9. The van der Waals surface area contributed by atoms with E-state index in [1.807, 2.05) is 0 Å². The van der Waals surface area contributed by atoms with E-state index in [4.69, 9.17) is 0 Å². The highest BCUT2D eigenvalue weighted by Gasteiger charge is 2.35. The molecule has 0 spiro atoms. The molecular formula is C14H21NO. The van der Waals surface area contributed by atoms with Crippen molar-refractivity contribution in [3.8, 4) is 0 Å². The normalized spacial score (nSPS) is 17.9. The molecule has 1 aliphatic carbocycles. The minimum absolute atomic E-state index is 0.154. The van der Waals surface area contributed by atoms with Gasteiger partial charge in [0.25, 0.3) is 0 Å². The Morgan fingerprint density at radius 2 is 2.06 bits per heavy atom. The predicted octanol–water partition coefficient (Wildman–Crippen LogP) is 2.82. The van der Waals surface area contributed by atoms with Crippen molar-refractivity contribution in [3.63, 3.8) is 0 Å². The van der Waals surface area contributed by atoms with Gasteiger partial charge in [0, 0.05) is 17.6 Å². The number of hydrogen-bond acceptors (Lipinski definition) is 2. The van der Waals surface area contributed by atoms with Crippen molar-refractivity contribution in [1.29, 1.82) is 0 Å². The molecule has 0 aliphatic heterocycles. The third-order valence-electron chi connectivity index (χ3n) is 3.80. The first kappa shape index (κ1) is 11.5. The first-order chi connectivity index (χ1) is 7.79. The summed E-state index contributed by atoms with van der Waals surface area (Å²) in [6, 6.07) is 8.43. The standard InChI is InChI=1S/C14H21NO/c1-2-12-6-3-4-7-13(12)15-10-14(11-16)8-5-9-14/h3-4,6-7,15-16H,2,5,8-11H2,1H3. The van der Waals surface area contributed by atoms with Gasteiger partial charge in [0.1, 0.15) is 0 Å². The van der Waals surface area contributed by atoms with Crippen molar-refractivity contribution in [2.24, 2.45) is 5.41 Å². The van der Waals surface area contributed by atoms with E-state index in [9.17, 15) is 5.11 Å². The van der Waals surface area contributed by atoms with E-state index in [1.165, 1.54) is 17.7 Å². The van der Waals surface area contributed by atoms with Gasteiger partial charge in [-0.1, -0.05) is 31.5 Å². The van der Waals surface area contributed by atoms with Crippen LogP contribution in [0.25, 0.3) is 0 Å². The first-order valence-electron chi connectivity index (χ1n) is 6.22. The van der Waals surface area contributed by atoms with E-state index in [0.717, 1.165) is 25.8 Å². The van der Waals surface area contributed by atoms with Gasteiger partial charge in [-0.25, -0.2) is 0 Å². The van der Waals surface area contributed by atoms with Crippen molar-refractivity contribution >= 4 is 5.69 Å². The van der Waals surface area contributed by atoms with Crippen LogP contribution >= 0.6 is 0 Å². The molecule has 2 rings (SSSR count). The van der Waals surface area contributed by atoms with E-state index < -0.39 is 0 Å². The average molecular weight is 219 g/mol. The molecule has 0 amide bonds. The van der Waals surface area contributed by atoms with Gasteiger partial charge in [0.15, 0.2) is 0 Å². The summed E-state index contributed by atoms with van der Waals surface area (Å²) < 4.78 is 0. The second-order valence-electron chi connectivity index (χ2n) is 4.88. The number of aliphatic hydroxyl groups is 1. The number of hydrogen-bond donors (Lipinski definition) is 2. The average Bonchev–Trinajstić information content (AvgIpc) is 2.29. The maximum atomic E-state index is 9.40. The van der Waals surface area contributed by atoms with Crippen LogP contribution in [0.15, 0.2) is 24.3 Å². The molecule has 2 heteroatoms. The number of para-hydroxylation sites is 1. The molecule has 0 aromatic heterocycles. The van der Waals surface area contributed by atoms with Gasteiger partial charge in [0.05, 0.1) is 6.61 Å². The smallest absolute Gasteiger partial charge is 0.0504 e. The van der Waals surface area contributed by atoms with Crippen molar-refractivity contribution in [1.82, 2.24) is 0 Å². The summed E-state index contributed by atoms with van der Waals surface area (Å²) >= 11 is 0. The molecule has 2 N–H and O–H groups in total. The number of aryl methyl sites for hydroxylation is 1. The van der Waals surface area contributed by atoms with E-state index in [1.54, 1.807) is 0 Å². The van der Waals surface area contributed by atoms with Crippen LogP contribution in [0.5, 0.6) is 0 Å². The fourth-order valence-electron chi connectivity index (χ4n) is 2.35. The van der Waals surface area contributed by atoms with E-state index in [2.05, 4.69) is 36.5 Å². The van der Waals surface area contributed by atoms with Crippen LogP contribution in [0.1, 0.15) is 31.7 Å². The highest BCUT2D eigenvalue weighted by atomic mass is 16.3. The summed E-state index contributed by atoms with van der Waals surface area (Å²) in [5.41, 5.74) is 2.74. The summed E-state index contributed by atoms with van der Waals surface area (Å²) in [6.45, 7) is 3.39. The van der Waals surface area contributed by atoms with Crippen LogP contribution in [0.4, 0.5) is 5.69 Å². The lowest BCUT2D eigenvalue weighted by Crippen LogP contribution is -2.39. The molecule has 0 heterocycles. The zero-order chi connectivity index (χ0) is 11.4. The molecule has 88 valence electrons. The summed E-state index contributed by atoms with van der Waals surface area (Å²) in [7, 11) is 0. The molecule has 0 radical (unpaired) electrons. The fourth-order valence-corrected chi connectivity index (χ4v) is 2.35. The monoisotopic (exact) mass is 219 g/mol. The second-order valence-corrected chi connectivity index (χ2v) is 4.88. The summed E-state index contributed by atoms with van der Waals surface area (Å²) in [5.74, 6) is 0. The molecule has 1 fully saturated rings. The van der Waals surface area contributed by atoms with Crippen LogP contribution in [0.2, 0.25) is 0 Å². The molecule has 0 atom stereocenters. The Morgan fingerprint density at radius 3 is 2.62 bits per heavy atom. The van der Waals surface area contributed by atoms with Crippen molar-refractivity contribution in [3.05, 3.63) is 29.8 Å². The van der Waals surface area contributed by atoms with E-state index >= 15 is 0 Å². The van der Waals surface area contributed by atoms with Gasteiger partial charge >= 0.3 is 0 Å². The Bertz CT molecular complexity index is 339. The first-order valence-corrected chi connectivity index (χ1v) is 6.22. The lowest BCUT2D eigenvalue weighted by molar-refractivity contribution is 0.0576. The van der Waals surface area contributed by atoms with Gasteiger partial charge in [-0.15, -0.1) is 0 Å². The summed E-state index contributed by atoms with van der Waals surface area (Å²) in [6.07, 6.45) is 4.63. The SMILES string of the molecule is CCc1ccccc1NCC1(CO)CCC1.